The highest BCUT2D eigenvalue weighted by Gasteiger charge is 2.24. The van der Waals surface area contributed by atoms with E-state index in [-0.39, 0.29) is 6.10 Å². The zero-order valence-electron chi connectivity index (χ0n) is 22.0. The molecule has 0 bridgehead atoms. The molecule has 2 aliphatic heterocycles. The van der Waals surface area contributed by atoms with Gasteiger partial charge in [0.2, 0.25) is 0 Å². The Bertz CT molecular complexity index is 1330. The Labute approximate surface area is 224 Å². The summed E-state index contributed by atoms with van der Waals surface area (Å²) in [6.07, 6.45) is 3.75. The van der Waals surface area contributed by atoms with Gasteiger partial charge in [-0.05, 0) is 59.9 Å². The minimum absolute atomic E-state index is 0.148. The topological polar surface area (TPSA) is 55.6 Å². The number of anilines is 1. The second kappa shape index (κ2) is 11.4. The van der Waals surface area contributed by atoms with Crippen LogP contribution in [0.3, 0.4) is 0 Å². The van der Waals surface area contributed by atoms with Crippen molar-refractivity contribution in [3.63, 3.8) is 0 Å². The number of fused-ring (bicyclic) bond motifs is 1. The van der Waals surface area contributed by atoms with Gasteiger partial charge in [0, 0.05) is 44.0 Å². The van der Waals surface area contributed by atoms with E-state index in [0.29, 0.717) is 6.54 Å². The molecule has 1 aromatic heterocycles. The first-order valence-electron chi connectivity index (χ1n) is 13.5. The van der Waals surface area contributed by atoms with Crippen molar-refractivity contribution in [1.29, 1.82) is 0 Å². The fourth-order valence-electron chi connectivity index (χ4n) is 5.60. The minimum Gasteiger partial charge on any atom is -0.497 e. The molecule has 1 fully saturated rings. The van der Waals surface area contributed by atoms with Crippen LogP contribution in [0.5, 0.6) is 5.75 Å². The summed E-state index contributed by atoms with van der Waals surface area (Å²) in [7, 11) is 1.71. The van der Waals surface area contributed by atoms with E-state index in [2.05, 4.69) is 74.5 Å². The van der Waals surface area contributed by atoms with Gasteiger partial charge in [-0.25, -0.2) is 9.67 Å². The third kappa shape index (κ3) is 5.44. The van der Waals surface area contributed by atoms with Crippen molar-refractivity contribution >= 4 is 5.69 Å². The van der Waals surface area contributed by atoms with Crippen molar-refractivity contribution < 1.29 is 9.47 Å². The molecule has 1 atom stereocenters. The zero-order chi connectivity index (χ0) is 25.7. The lowest BCUT2D eigenvalue weighted by Gasteiger charge is -2.37. The summed E-state index contributed by atoms with van der Waals surface area (Å²) in [6.45, 7) is 6.76. The van der Waals surface area contributed by atoms with E-state index in [1.807, 2.05) is 22.9 Å². The summed E-state index contributed by atoms with van der Waals surface area (Å²) in [5, 5.41) is 4.49. The molecular weight excluding hydrogens is 474 g/mol. The van der Waals surface area contributed by atoms with Crippen molar-refractivity contribution in [2.24, 2.45) is 0 Å². The maximum absolute atomic E-state index is 6.26. The zero-order valence-corrected chi connectivity index (χ0v) is 22.0. The number of aromatic nitrogens is 3. The Hall–Kier alpha value is -3.68. The number of piperazine rings is 1. The van der Waals surface area contributed by atoms with Crippen molar-refractivity contribution in [3.8, 4) is 17.1 Å². The third-order valence-electron chi connectivity index (χ3n) is 7.75. The molecule has 0 spiro atoms. The summed E-state index contributed by atoms with van der Waals surface area (Å²) in [4.78, 5) is 9.61. The first-order valence-corrected chi connectivity index (χ1v) is 13.5. The van der Waals surface area contributed by atoms with E-state index >= 15 is 0 Å². The van der Waals surface area contributed by atoms with Gasteiger partial charge < -0.3 is 14.4 Å². The van der Waals surface area contributed by atoms with Gasteiger partial charge in [0.05, 0.1) is 26.4 Å². The lowest BCUT2D eigenvalue weighted by molar-refractivity contribution is 0.0289. The van der Waals surface area contributed by atoms with Crippen molar-refractivity contribution in [1.82, 2.24) is 19.7 Å². The Morgan fingerprint density at radius 1 is 0.947 bits per heavy atom. The minimum atomic E-state index is 0.148. The smallest absolute Gasteiger partial charge is 0.158 e. The highest BCUT2D eigenvalue weighted by molar-refractivity contribution is 5.58. The van der Waals surface area contributed by atoms with Crippen molar-refractivity contribution in [3.05, 3.63) is 95.8 Å². The number of benzene rings is 3. The first kappa shape index (κ1) is 24.6. The van der Waals surface area contributed by atoms with Crippen molar-refractivity contribution in [2.45, 2.75) is 25.5 Å². The van der Waals surface area contributed by atoms with Gasteiger partial charge >= 0.3 is 0 Å². The van der Waals surface area contributed by atoms with Gasteiger partial charge in [0.15, 0.2) is 5.82 Å². The summed E-state index contributed by atoms with van der Waals surface area (Å²) in [5.74, 6) is 1.82. The molecule has 3 aromatic carbocycles. The van der Waals surface area contributed by atoms with Crippen LogP contribution in [0.15, 0.2) is 79.1 Å². The average molecular weight is 510 g/mol. The lowest BCUT2D eigenvalue weighted by Crippen LogP contribution is -2.46. The van der Waals surface area contributed by atoms with Gasteiger partial charge in [0.25, 0.3) is 0 Å². The standard InChI is InChI=1S/C31H35N5O2/c1-37-28-10-8-27(9-11-28)35-18-16-34(17-19-35)15-13-30-29-12-7-26(21-25(29)14-20-38-30)31-32-23-33-36(31)22-24-5-3-2-4-6-24/h2-12,21,23,30H,13-20,22H2,1H3/t30-/m0/s1. The van der Waals surface area contributed by atoms with Crippen LogP contribution in [0.25, 0.3) is 11.4 Å². The number of ether oxygens (including phenoxy) is 2. The first-order chi connectivity index (χ1) is 18.8. The second-order valence-electron chi connectivity index (χ2n) is 10.1. The third-order valence-corrected chi connectivity index (χ3v) is 7.75. The largest absolute Gasteiger partial charge is 0.497 e. The molecule has 0 saturated carbocycles. The summed E-state index contributed by atoms with van der Waals surface area (Å²) in [6, 6.07) is 25.5. The number of hydrogen-bond acceptors (Lipinski definition) is 6. The van der Waals surface area contributed by atoms with Crippen LogP contribution in [0.1, 0.15) is 29.2 Å². The van der Waals surface area contributed by atoms with Crippen LogP contribution in [-0.4, -0.2) is 66.1 Å². The Morgan fingerprint density at radius 3 is 2.55 bits per heavy atom. The predicted molar refractivity (Wildman–Crippen MR) is 150 cm³/mol. The molecular formula is C31H35N5O2. The molecule has 2 aliphatic rings. The van der Waals surface area contributed by atoms with E-state index < -0.39 is 0 Å². The van der Waals surface area contributed by atoms with Crippen molar-refractivity contribution in [2.75, 3.05) is 51.3 Å². The highest BCUT2D eigenvalue weighted by Crippen LogP contribution is 2.33. The average Bonchev–Trinajstić information content (AvgIpc) is 3.44. The molecule has 1 saturated heterocycles. The van der Waals surface area contributed by atoms with Crippen LogP contribution < -0.4 is 9.64 Å². The van der Waals surface area contributed by atoms with Gasteiger partial charge in [0.1, 0.15) is 12.1 Å². The molecule has 7 heteroatoms. The highest BCUT2D eigenvalue weighted by atomic mass is 16.5. The van der Waals surface area contributed by atoms with Gasteiger partial charge in [-0.3, -0.25) is 4.90 Å². The normalized spacial score (nSPS) is 17.8. The molecule has 7 nitrogen and oxygen atoms in total. The Morgan fingerprint density at radius 2 is 1.76 bits per heavy atom. The second-order valence-corrected chi connectivity index (χ2v) is 10.1. The molecule has 0 aliphatic carbocycles. The van der Waals surface area contributed by atoms with Gasteiger partial charge in [-0.1, -0.05) is 42.5 Å². The van der Waals surface area contributed by atoms with E-state index in [9.17, 15) is 0 Å². The number of methoxy groups -OCH3 is 1. The van der Waals surface area contributed by atoms with E-state index in [4.69, 9.17) is 9.47 Å². The van der Waals surface area contributed by atoms with E-state index in [0.717, 1.165) is 69.3 Å². The maximum atomic E-state index is 6.26. The quantitative estimate of drug-likeness (QED) is 0.339. The van der Waals surface area contributed by atoms with Gasteiger partial charge in [-0.15, -0.1) is 0 Å². The molecule has 6 rings (SSSR count). The lowest BCUT2D eigenvalue weighted by atomic mass is 9.93. The van der Waals surface area contributed by atoms with Gasteiger partial charge in [-0.2, -0.15) is 5.10 Å². The summed E-state index contributed by atoms with van der Waals surface area (Å²) < 4.78 is 13.5. The Balaban J connectivity index is 1.07. The van der Waals surface area contributed by atoms with Crippen LogP contribution in [0, 0.1) is 0 Å². The van der Waals surface area contributed by atoms with Crippen LogP contribution in [-0.2, 0) is 17.7 Å². The molecule has 0 unspecified atom stereocenters. The van der Waals surface area contributed by atoms with Crippen LogP contribution in [0.4, 0.5) is 5.69 Å². The molecule has 196 valence electrons. The van der Waals surface area contributed by atoms with Crippen LogP contribution in [0.2, 0.25) is 0 Å². The Kier molecular flexibility index (Phi) is 7.38. The fourth-order valence-corrected chi connectivity index (χ4v) is 5.60. The van der Waals surface area contributed by atoms with Crippen LogP contribution >= 0.6 is 0 Å². The molecule has 3 heterocycles. The molecule has 38 heavy (non-hydrogen) atoms. The number of hydrogen-bond donors (Lipinski definition) is 0. The SMILES string of the molecule is COc1ccc(N2CCN(CC[C@@H]3OCCc4cc(-c5ncnn5Cc5ccccc5)ccc43)CC2)cc1. The predicted octanol–water partition coefficient (Wildman–Crippen LogP) is 4.83. The van der Waals surface area contributed by atoms with E-state index in [1.54, 1.807) is 13.4 Å². The number of nitrogens with zero attached hydrogens (tertiary/aromatic N) is 5. The molecule has 0 N–H and O–H groups in total. The fraction of sp³-hybridized carbons (Fsp3) is 0.355. The van der Waals surface area contributed by atoms with E-state index in [1.165, 1.54) is 22.4 Å². The monoisotopic (exact) mass is 509 g/mol. The molecule has 4 aromatic rings. The summed E-state index contributed by atoms with van der Waals surface area (Å²) in [5.41, 5.74) is 6.30. The molecule has 0 radical (unpaired) electrons. The number of rotatable bonds is 8. The summed E-state index contributed by atoms with van der Waals surface area (Å²) >= 11 is 0. The maximum Gasteiger partial charge on any atom is 0.158 e. The molecule has 0 amide bonds.